The summed E-state index contributed by atoms with van der Waals surface area (Å²) in [7, 11) is -3.62. The molecule has 1 aromatic rings. The summed E-state index contributed by atoms with van der Waals surface area (Å²) in [6, 6.07) is 5.18. The van der Waals surface area contributed by atoms with Crippen LogP contribution < -0.4 is 10.9 Å². The van der Waals surface area contributed by atoms with E-state index in [9.17, 15) is 8.42 Å². The Balaban J connectivity index is 3.22. The summed E-state index contributed by atoms with van der Waals surface area (Å²) in [5, 5.41) is 5.06. The van der Waals surface area contributed by atoms with Crippen LogP contribution in [0.25, 0.3) is 0 Å². The first-order valence-electron chi connectivity index (χ1n) is 4.27. The fourth-order valence-corrected chi connectivity index (χ4v) is 2.11. The molecule has 0 aliphatic carbocycles. The Bertz CT molecular complexity index is 426. The molecule has 1 rings (SSSR count). The van der Waals surface area contributed by atoms with Crippen LogP contribution in [0.5, 0.6) is 0 Å². The zero-order chi connectivity index (χ0) is 10.8. The monoisotopic (exact) mass is 214 g/mol. The number of nitrogens with two attached hydrogens (primary N) is 2. The number of aryl methyl sites for hydroxylation is 1. The van der Waals surface area contributed by atoms with E-state index in [0.29, 0.717) is 18.5 Å². The van der Waals surface area contributed by atoms with Crippen LogP contribution in [-0.2, 0) is 16.4 Å². The van der Waals surface area contributed by atoms with Gasteiger partial charge in [-0.25, -0.2) is 13.6 Å². The molecule has 0 radical (unpaired) electrons. The molecule has 4 N–H and O–H groups in total. The van der Waals surface area contributed by atoms with Crippen LogP contribution in [0.4, 0.5) is 0 Å². The highest BCUT2D eigenvalue weighted by Gasteiger charge is 2.11. The van der Waals surface area contributed by atoms with Gasteiger partial charge in [0.05, 0.1) is 4.90 Å². The van der Waals surface area contributed by atoms with Gasteiger partial charge in [0.15, 0.2) is 0 Å². The van der Waals surface area contributed by atoms with Gasteiger partial charge in [0.1, 0.15) is 0 Å². The van der Waals surface area contributed by atoms with Crippen molar-refractivity contribution in [3.63, 3.8) is 0 Å². The molecule has 5 heteroatoms. The van der Waals surface area contributed by atoms with Crippen molar-refractivity contribution in [3.05, 3.63) is 29.3 Å². The maximum atomic E-state index is 11.2. The average molecular weight is 214 g/mol. The number of hydrogen-bond acceptors (Lipinski definition) is 3. The van der Waals surface area contributed by atoms with Gasteiger partial charge in [0, 0.05) is 0 Å². The maximum absolute atomic E-state index is 11.2. The third-order valence-electron chi connectivity index (χ3n) is 1.99. The quantitative estimate of drug-likeness (QED) is 0.750. The van der Waals surface area contributed by atoms with Gasteiger partial charge < -0.3 is 5.73 Å². The lowest BCUT2D eigenvalue weighted by molar-refractivity contribution is 0.597. The molecule has 78 valence electrons. The highest BCUT2D eigenvalue weighted by Crippen LogP contribution is 2.15. The average Bonchev–Trinajstić information content (AvgIpc) is 2.07. The largest absolute Gasteiger partial charge is 0.330 e. The van der Waals surface area contributed by atoms with Crippen LogP contribution in [-0.4, -0.2) is 15.0 Å². The number of sulfonamides is 1. The van der Waals surface area contributed by atoms with Gasteiger partial charge in [-0.1, -0.05) is 12.1 Å². The van der Waals surface area contributed by atoms with E-state index < -0.39 is 10.0 Å². The Morgan fingerprint density at radius 1 is 1.36 bits per heavy atom. The summed E-state index contributed by atoms with van der Waals surface area (Å²) in [6.07, 6.45) is 0.656. The maximum Gasteiger partial charge on any atom is 0.238 e. The van der Waals surface area contributed by atoms with Crippen molar-refractivity contribution in [2.45, 2.75) is 18.2 Å². The number of hydrogen-bond donors (Lipinski definition) is 2. The highest BCUT2D eigenvalue weighted by molar-refractivity contribution is 7.89. The summed E-state index contributed by atoms with van der Waals surface area (Å²) in [5.41, 5.74) is 6.93. The van der Waals surface area contributed by atoms with Gasteiger partial charge in [-0.2, -0.15) is 0 Å². The van der Waals surface area contributed by atoms with E-state index in [-0.39, 0.29) is 4.90 Å². The summed E-state index contributed by atoms with van der Waals surface area (Å²) in [6.45, 7) is 2.21. The van der Waals surface area contributed by atoms with Crippen molar-refractivity contribution in [1.82, 2.24) is 0 Å². The summed E-state index contributed by atoms with van der Waals surface area (Å²) in [5.74, 6) is 0. The molecule has 0 heterocycles. The molecule has 0 fully saturated rings. The first-order valence-corrected chi connectivity index (χ1v) is 5.82. The van der Waals surface area contributed by atoms with Gasteiger partial charge in [-0.3, -0.25) is 0 Å². The molecule has 4 nitrogen and oxygen atoms in total. The van der Waals surface area contributed by atoms with Crippen LogP contribution in [0.3, 0.4) is 0 Å². The zero-order valence-corrected chi connectivity index (χ0v) is 8.84. The van der Waals surface area contributed by atoms with Gasteiger partial charge in [0.2, 0.25) is 10.0 Å². The van der Waals surface area contributed by atoms with Crippen LogP contribution in [0.1, 0.15) is 11.1 Å². The Hall–Kier alpha value is -0.910. The summed E-state index contributed by atoms with van der Waals surface area (Å²) < 4.78 is 22.3. The first kappa shape index (κ1) is 11.2. The molecule has 0 aliphatic rings. The normalized spacial score (nSPS) is 11.6. The lowest BCUT2D eigenvalue weighted by Crippen LogP contribution is -2.14. The number of primary sulfonamides is 1. The first-order chi connectivity index (χ1) is 6.45. The van der Waals surface area contributed by atoms with Gasteiger partial charge in [-0.05, 0) is 37.1 Å². The molecular formula is C9H14N2O2S. The van der Waals surface area contributed by atoms with E-state index in [1.807, 2.05) is 6.07 Å². The second-order valence-corrected chi connectivity index (χ2v) is 4.71. The number of benzene rings is 1. The third-order valence-corrected chi connectivity index (χ3v) is 3.04. The van der Waals surface area contributed by atoms with Crippen LogP contribution >= 0.6 is 0 Å². The van der Waals surface area contributed by atoms with Crippen molar-refractivity contribution in [1.29, 1.82) is 0 Å². The zero-order valence-electron chi connectivity index (χ0n) is 8.03. The second kappa shape index (κ2) is 4.08. The predicted octanol–water partition coefficient (Wildman–Crippen LogP) is 0.144. The second-order valence-electron chi connectivity index (χ2n) is 3.18. The van der Waals surface area contributed by atoms with Crippen molar-refractivity contribution < 1.29 is 8.42 Å². The van der Waals surface area contributed by atoms with E-state index in [4.69, 9.17) is 10.9 Å². The van der Waals surface area contributed by atoms with Crippen LogP contribution in [0.2, 0.25) is 0 Å². The molecule has 0 amide bonds. The molecule has 14 heavy (non-hydrogen) atoms. The SMILES string of the molecule is Cc1ccc(CCN)cc1S(N)(=O)=O. The van der Waals surface area contributed by atoms with Gasteiger partial charge >= 0.3 is 0 Å². The molecule has 0 atom stereocenters. The smallest absolute Gasteiger partial charge is 0.238 e. The van der Waals surface area contributed by atoms with E-state index in [1.165, 1.54) is 0 Å². The van der Waals surface area contributed by atoms with Crippen LogP contribution in [0, 0.1) is 6.92 Å². The molecular weight excluding hydrogens is 200 g/mol. The van der Waals surface area contributed by atoms with Crippen LogP contribution in [0.15, 0.2) is 23.1 Å². The minimum Gasteiger partial charge on any atom is -0.330 e. The Kier molecular flexibility index (Phi) is 3.25. The molecule has 0 spiro atoms. The van der Waals surface area contributed by atoms with Gasteiger partial charge in [0.25, 0.3) is 0 Å². The lowest BCUT2D eigenvalue weighted by atomic mass is 10.1. The lowest BCUT2D eigenvalue weighted by Gasteiger charge is -2.05. The molecule has 0 aromatic heterocycles. The van der Waals surface area contributed by atoms with Crippen molar-refractivity contribution >= 4 is 10.0 Å². The fraction of sp³-hybridized carbons (Fsp3) is 0.333. The Morgan fingerprint density at radius 3 is 2.50 bits per heavy atom. The van der Waals surface area contributed by atoms with E-state index in [2.05, 4.69) is 0 Å². The van der Waals surface area contributed by atoms with Crippen molar-refractivity contribution in [2.24, 2.45) is 10.9 Å². The van der Waals surface area contributed by atoms with E-state index in [0.717, 1.165) is 5.56 Å². The minimum absolute atomic E-state index is 0.184. The Morgan fingerprint density at radius 2 is 2.00 bits per heavy atom. The summed E-state index contributed by atoms with van der Waals surface area (Å²) >= 11 is 0. The van der Waals surface area contributed by atoms with Crippen molar-refractivity contribution in [2.75, 3.05) is 6.54 Å². The van der Waals surface area contributed by atoms with E-state index >= 15 is 0 Å². The molecule has 0 saturated heterocycles. The molecule has 0 unspecified atom stereocenters. The molecule has 0 aliphatic heterocycles. The fourth-order valence-electron chi connectivity index (χ4n) is 1.27. The highest BCUT2D eigenvalue weighted by atomic mass is 32.2. The predicted molar refractivity (Wildman–Crippen MR) is 55.3 cm³/mol. The van der Waals surface area contributed by atoms with Gasteiger partial charge in [-0.15, -0.1) is 0 Å². The minimum atomic E-state index is -3.62. The standard InChI is InChI=1S/C9H14N2O2S/c1-7-2-3-8(4-5-10)6-9(7)14(11,12)13/h2-3,6H,4-5,10H2,1H3,(H2,11,12,13). The van der Waals surface area contributed by atoms with Crippen molar-refractivity contribution in [3.8, 4) is 0 Å². The Labute approximate surface area is 84.0 Å². The van der Waals surface area contributed by atoms with E-state index in [1.54, 1.807) is 19.1 Å². The summed E-state index contributed by atoms with van der Waals surface area (Å²) in [4.78, 5) is 0.184. The number of rotatable bonds is 3. The molecule has 0 bridgehead atoms. The molecule has 1 aromatic carbocycles. The third kappa shape index (κ3) is 2.54. The topological polar surface area (TPSA) is 86.2 Å². The molecule has 0 saturated carbocycles.